The Morgan fingerprint density at radius 2 is 2.06 bits per heavy atom. The van der Waals surface area contributed by atoms with Crippen LogP contribution in [0.5, 0.6) is 0 Å². The Kier molecular flexibility index (Phi) is 3.85. The second kappa shape index (κ2) is 5.19. The quantitative estimate of drug-likeness (QED) is 0.797. The van der Waals surface area contributed by atoms with Gasteiger partial charge in [-0.25, -0.2) is 0 Å². The van der Waals surface area contributed by atoms with Crippen molar-refractivity contribution in [2.24, 2.45) is 17.8 Å². The molecule has 3 nitrogen and oxygen atoms in total. The van der Waals surface area contributed by atoms with E-state index in [1.165, 1.54) is 25.7 Å². The molecule has 2 aliphatic carbocycles. The zero-order chi connectivity index (χ0) is 12.4. The van der Waals surface area contributed by atoms with Crippen LogP contribution >= 0.6 is 0 Å². The number of hydrogen-bond acceptors (Lipinski definition) is 2. The Morgan fingerprint density at radius 1 is 1.29 bits per heavy atom. The molecule has 0 heterocycles. The van der Waals surface area contributed by atoms with Crippen LogP contribution < -0.4 is 5.32 Å². The van der Waals surface area contributed by atoms with Gasteiger partial charge in [-0.05, 0) is 43.9 Å². The third-order valence-corrected chi connectivity index (χ3v) is 4.54. The summed E-state index contributed by atoms with van der Waals surface area (Å²) in [5.74, 6) is 2.43. The first kappa shape index (κ1) is 12.6. The molecule has 0 aromatic carbocycles. The number of ketones is 1. The van der Waals surface area contributed by atoms with Crippen molar-refractivity contribution in [3.8, 4) is 0 Å². The highest BCUT2D eigenvalue weighted by molar-refractivity contribution is 5.88. The number of carbonyl (C=O) groups excluding carboxylic acids is 2. The number of rotatable bonds is 5. The molecule has 4 atom stereocenters. The summed E-state index contributed by atoms with van der Waals surface area (Å²) in [5, 5.41) is 2.83. The molecule has 0 aromatic heterocycles. The number of Topliss-reactive ketones (excluding diaryl/α,β-unsaturated/α-hetero) is 1. The van der Waals surface area contributed by atoms with Crippen molar-refractivity contribution in [1.82, 2.24) is 5.32 Å². The van der Waals surface area contributed by atoms with Crippen LogP contribution in [0.4, 0.5) is 0 Å². The molecule has 2 aliphatic rings. The lowest BCUT2D eigenvalue weighted by Gasteiger charge is -2.21. The molecular weight excluding hydrogens is 214 g/mol. The van der Waals surface area contributed by atoms with Crippen molar-refractivity contribution in [3.63, 3.8) is 0 Å². The van der Waals surface area contributed by atoms with Gasteiger partial charge in [-0.1, -0.05) is 13.3 Å². The van der Waals surface area contributed by atoms with Gasteiger partial charge in [0.1, 0.15) is 0 Å². The third kappa shape index (κ3) is 2.88. The van der Waals surface area contributed by atoms with Crippen LogP contribution in [-0.2, 0) is 9.59 Å². The monoisotopic (exact) mass is 237 g/mol. The van der Waals surface area contributed by atoms with Gasteiger partial charge < -0.3 is 5.32 Å². The molecule has 2 rings (SSSR count). The predicted octanol–water partition coefficient (Wildman–Crippen LogP) is 2.30. The minimum absolute atomic E-state index is 0.0665. The van der Waals surface area contributed by atoms with Crippen molar-refractivity contribution >= 4 is 11.7 Å². The Bertz CT molecular complexity index is 313. The average Bonchev–Trinajstić information content (AvgIpc) is 2.89. The highest BCUT2D eigenvalue weighted by Crippen LogP contribution is 2.49. The van der Waals surface area contributed by atoms with Gasteiger partial charge in [0, 0.05) is 12.8 Å². The fourth-order valence-electron chi connectivity index (χ4n) is 3.55. The van der Waals surface area contributed by atoms with Gasteiger partial charge in [0.2, 0.25) is 5.91 Å². The normalized spacial score (nSPS) is 32.5. The van der Waals surface area contributed by atoms with Crippen molar-refractivity contribution < 1.29 is 9.59 Å². The molecule has 3 heteroatoms. The highest BCUT2D eigenvalue weighted by Gasteiger charge is 2.40. The van der Waals surface area contributed by atoms with Crippen LogP contribution in [0.3, 0.4) is 0 Å². The first-order chi connectivity index (χ1) is 8.10. The first-order valence-corrected chi connectivity index (χ1v) is 6.92. The molecular formula is C14H23NO2. The van der Waals surface area contributed by atoms with Gasteiger partial charge in [0.05, 0.1) is 6.04 Å². The molecule has 2 fully saturated rings. The Hall–Kier alpha value is -0.860. The number of amides is 1. The van der Waals surface area contributed by atoms with Crippen molar-refractivity contribution in [2.45, 2.75) is 58.4 Å². The van der Waals surface area contributed by atoms with E-state index < -0.39 is 0 Å². The zero-order valence-corrected chi connectivity index (χ0v) is 10.9. The maximum Gasteiger partial charge on any atom is 0.220 e. The lowest BCUT2D eigenvalue weighted by atomic mass is 9.86. The van der Waals surface area contributed by atoms with Crippen molar-refractivity contribution in [1.29, 1.82) is 0 Å². The van der Waals surface area contributed by atoms with Gasteiger partial charge in [-0.15, -0.1) is 0 Å². The summed E-state index contributed by atoms with van der Waals surface area (Å²) in [6, 6.07) is -0.314. The van der Waals surface area contributed by atoms with Crippen LogP contribution in [-0.4, -0.2) is 17.7 Å². The van der Waals surface area contributed by atoms with E-state index in [0.29, 0.717) is 18.8 Å². The SMILES string of the molecule is CCC(=O)C(C)NC(=O)CC1CC2CCC1C2. The Balaban J connectivity index is 1.76. The van der Waals surface area contributed by atoms with E-state index in [1.807, 2.05) is 6.92 Å². The third-order valence-electron chi connectivity index (χ3n) is 4.54. The maximum atomic E-state index is 11.8. The van der Waals surface area contributed by atoms with E-state index in [9.17, 15) is 9.59 Å². The fraction of sp³-hybridized carbons (Fsp3) is 0.857. The van der Waals surface area contributed by atoms with Crippen LogP contribution in [0.15, 0.2) is 0 Å². The first-order valence-electron chi connectivity index (χ1n) is 6.92. The van der Waals surface area contributed by atoms with Crippen LogP contribution in [0.2, 0.25) is 0 Å². The molecule has 17 heavy (non-hydrogen) atoms. The Morgan fingerprint density at radius 3 is 2.59 bits per heavy atom. The van der Waals surface area contributed by atoms with Crippen molar-refractivity contribution in [3.05, 3.63) is 0 Å². The lowest BCUT2D eigenvalue weighted by Crippen LogP contribution is -2.39. The standard InChI is InChI=1S/C14H23NO2/c1-3-13(16)9(2)15-14(17)8-12-7-10-4-5-11(12)6-10/h9-12H,3-8H2,1-2H3,(H,15,17). The summed E-state index contributed by atoms with van der Waals surface area (Å²) in [4.78, 5) is 23.2. The van der Waals surface area contributed by atoms with Crippen LogP contribution in [0.25, 0.3) is 0 Å². The van der Waals surface area contributed by atoms with E-state index in [0.717, 1.165) is 11.8 Å². The molecule has 1 N–H and O–H groups in total. The second-order valence-corrected chi connectivity index (χ2v) is 5.75. The van der Waals surface area contributed by atoms with E-state index in [-0.39, 0.29) is 17.7 Å². The molecule has 96 valence electrons. The number of nitrogens with one attached hydrogen (secondary N) is 1. The molecule has 0 aromatic rings. The number of hydrogen-bond donors (Lipinski definition) is 1. The molecule has 0 saturated heterocycles. The molecule has 0 radical (unpaired) electrons. The van der Waals surface area contributed by atoms with Crippen LogP contribution in [0, 0.1) is 17.8 Å². The highest BCUT2D eigenvalue weighted by atomic mass is 16.2. The smallest absolute Gasteiger partial charge is 0.220 e. The number of carbonyl (C=O) groups is 2. The van der Waals surface area contributed by atoms with E-state index in [1.54, 1.807) is 6.92 Å². The van der Waals surface area contributed by atoms with Gasteiger partial charge >= 0.3 is 0 Å². The summed E-state index contributed by atoms with van der Waals surface area (Å²) in [5.41, 5.74) is 0. The Labute approximate surface area is 103 Å². The van der Waals surface area contributed by atoms with Gasteiger partial charge in [-0.2, -0.15) is 0 Å². The summed E-state index contributed by atoms with van der Waals surface area (Å²) in [6.07, 6.45) is 6.37. The van der Waals surface area contributed by atoms with Crippen molar-refractivity contribution in [2.75, 3.05) is 0 Å². The average molecular weight is 237 g/mol. The zero-order valence-electron chi connectivity index (χ0n) is 10.9. The molecule has 1 amide bonds. The molecule has 4 unspecified atom stereocenters. The molecule has 0 aliphatic heterocycles. The van der Waals surface area contributed by atoms with E-state index >= 15 is 0 Å². The lowest BCUT2D eigenvalue weighted by molar-refractivity contribution is -0.128. The maximum absolute atomic E-state index is 11.8. The molecule has 2 bridgehead atoms. The summed E-state index contributed by atoms with van der Waals surface area (Å²) in [7, 11) is 0. The predicted molar refractivity (Wildman–Crippen MR) is 66.5 cm³/mol. The van der Waals surface area contributed by atoms with E-state index in [4.69, 9.17) is 0 Å². The molecule has 0 spiro atoms. The second-order valence-electron chi connectivity index (χ2n) is 5.75. The summed E-state index contributed by atoms with van der Waals surface area (Å²) >= 11 is 0. The minimum atomic E-state index is -0.314. The minimum Gasteiger partial charge on any atom is -0.347 e. The van der Waals surface area contributed by atoms with Gasteiger partial charge in [0.15, 0.2) is 5.78 Å². The largest absolute Gasteiger partial charge is 0.347 e. The number of fused-ring (bicyclic) bond motifs is 2. The summed E-state index contributed by atoms with van der Waals surface area (Å²) < 4.78 is 0. The van der Waals surface area contributed by atoms with Gasteiger partial charge in [-0.3, -0.25) is 9.59 Å². The van der Waals surface area contributed by atoms with E-state index in [2.05, 4.69) is 5.32 Å². The topological polar surface area (TPSA) is 46.2 Å². The van der Waals surface area contributed by atoms with Crippen LogP contribution in [0.1, 0.15) is 52.4 Å². The molecule has 2 saturated carbocycles. The fourth-order valence-corrected chi connectivity index (χ4v) is 3.55. The summed E-state index contributed by atoms with van der Waals surface area (Å²) in [6.45, 7) is 3.62. The van der Waals surface area contributed by atoms with Gasteiger partial charge in [0.25, 0.3) is 0 Å².